The molecule has 0 atom stereocenters. The Bertz CT molecular complexity index is 434. The fraction of sp³-hybridized carbons (Fsp3) is 0.300. The number of anilines is 1. The Balaban J connectivity index is 2.02. The van der Waals surface area contributed by atoms with Gasteiger partial charge in [-0.25, -0.2) is 4.68 Å². The lowest BCUT2D eigenvalue weighted by Crippen LogP contribution is -2.05. The maximum Gasteiger partial charge on any atom is 0.168 e. The molecule has 2 N–H and O–H groups in total. The van der Waals surface area contributed by atoms with Crippen molar-refractivity contribution < 1.29 is 0 Å². The molecule has 2 aromatic rings. The highest BCUT2D eigenvalue weighted by Gasteiger charge is 2.04. The summed E-state index contributed by atoms with van der Waals surface area (Å²) in [7, 11) is 0. The summed E-state index contributed by atoms with van der Waals surface area (Å²) in [4.78, 5) is 4.05. The van der Waals surface area contributed by atoms with Gasteiger partial charge < -0.3 is 5.73 Å². The van der Waals surface area contributed by atoms with Crippen LogP contribution in [0.25, 0.3) is 0 Å². The van der Waals surface area contributed by atoms with E-state index in [4.69, 9.17) is 5.73 Å². The molecule has 5 heteroatoms. The Morgan fingerprint density at radius 1 is 1.47 bits per heavy atom. The summed E-state index contributed by atoms with van der Waals surface area (Å²) in [5, 5.41) is 7.76. The zero-order valence-electron chi connectivity index (χ0n) is 8.59. The Hall–Kier alpha value is -1.91. The Labute approximate surface area is 87.9 Å². The standard InChI is InChI=1S/C10H13N5/c1-8-10(11)13-14-15(8)6-4-9-3-2-5-12-7-9/h2-3,5,7H,4,6,11H2,1H3. The molecule has 0 spiro atoms. The summed E-state index contributed by atoms with van der Waals surface area (Å²) in [6.07, 6.45) is 4.51. The van der Waals surface area contributed by atoms with Gasteiger partial charge in [0.15, 0.2) is 5.82 Å². The van der Waals surface area contributed by atoms with Gasteiger partial charge in [0.05, 0.1) is 5.69 Å². The van der Waals surface area contributed by atoms with Crippen LogP contribution in [0.2, 0.25) is 0 Å². The van der Waals surface area contributed by atoms with Crippen LogP contribution in [0.5, 0.6) is 0 Å². The molecule has 2 aromatic heterocycles. The first-order chi connectivity index (χ1) is 7.27. The molecule has 0 fully saturated rings. The number of rotatable bonds is 3. The van der Waals surface area contributed by atoms with E-state index in [0.717, 1.165) is 18.7 Å². The third kappa shape index (κ3) is 2.12. The van der Waals surface area contributed by atoms with E-state index in [-0.39, 0.29) is 0 Å². The number of nitrogens with zero attached hydrogens (tertiary/aromatic N) is 4. The number of aromatic nitrogens is 4. The smallest absolute Gasteiger partial charge is 0.168 e. The molecule has 0 amide bonds. The van der Waals surface area contributed by atoms with Crippen molar-refractivity contribution in [1.29, 1.82) is 0 Å². The molecular weight excluding hydrogens is 190 g/mol. The molecule has 0 aliphatic rings. The molecule has 2 heterocycles. The predicted molar refractivity (Wildman–Crippen MR) is 57.1 cm³/mol. The molecule has 0 unspecified atom stereocenters. The van der Waals surface area contributed by atoms with Gasteiger partial charge in [-0.2, -0.15) is 0 Å². The van der Waals surface area contributed by atoms with Crippen LogP contribution < -0.4 is 5.73 Å². The monoisotopic (exact) mass is 203 g/mol. The van der Waals surface area contributed by atoms with Crippen molar-refractivity contribution in [3.8, 4) is 0 Å². The van der Waals surface area contributed by atoms with E-state index < -0.39 is 0 Å². The van der Waals surface area contributed by atoms with Crippen LogP contribution in [0.3, 0.4) is 0 Å². The van der Waals surface area contributed by atoms with Gasteiger partial charge in [0.2, 0.25) is 0 Å². The molecule has 0 aliphatic carbocycles. The lowest BCUT2D eigenvalue weighted by molar-refractivity contribution is 0.575. The zero-order valence-corrected chi connectivity index (χ0v) is 8.59. The molecule has 2 rings (SSSR count). The van der Waals surface area contributed by atoms with Gasteiger partial charge in [-0.15, -0.1) is 5.10 Å². The van der Waals surface area contributed by atoms with Crippen molar-refractivity contribution in [1.82, 2.24) is 20.0 Å². The minimum atomic E-state index is 0.501. The van der Waals surface area contributed by atoms with Gasteiger partial charge >= 0.3 is 0 Å². The topological polar surface area (TPSA) is 69.6 Å². The minimum absolute atomic E-state index is 0.501. The normalized spacial score (nSPS) is 10.5. The van der Waals surface area contributed by atoms with Gasteiger partial charge in [-0.3, -0.25) is 4.98 Å². The second kappa shape index (κ2) is 4.08. The van der Waals surface area contributed by atoms with Crippen LogP contribution in [0.15, 0.2) is 24.5 Å². The molecule has 78 valence electrons. The fourth-order valence-corrected chi connectivity index (χ4v) is 1.37. The molecule has 5 nitrogen and oxygen atoms in total. The number of hydrogen-bond acceptors (Lipinski definition) is 4. The molecule has 15 heavy (non-hydrogen) atoms. The molecule has 0 radical (unpaired) electrons. The molecule has 0 saturated carbocycles. The van der Waals surface area contributed by atoms with Gasteiger partial charge in [0, 0.05) is 18.9 Å². The van der Waals surface area contributed by atoms with Crippen molar-refractivity contribution in [2.24, 2.45) is 0 Å². The number of aryl methyl sites for hydroxylation is 2. The van der Waals surface area contributed by atoms with Crippen molar-refractivity contribution in [3.63, 3.8) is 0 Å². The average Bonchev–Trinajstić information content (AvgIpc) is 2.59. The van der Waals surface area contributed by atoms with E-state index in [2.05, 4.69) is 15.3 Å². The van der Waals surface area contributed by atoms with Crippen molar-refractivity contribution in [3.05, 3.63) is 35.8 Å². The van der Waals surface area contributed by atoms with E-state index in [1.165, 1.54) is 5.56 Å². The van der Waals surface area contributed by atoms with Crippen molar-refractivity contribution in [2.45, 2.75) is 19.9 Å². The Kier molecular flexibility index (Phi) is 2.62. The second-order valence-electron chi connectivity index (χ2n) is 3.39. The molecule has 0 aliphatic heterocycles. The molecule has 0 bridgehead atoms. The third-order valence-corrected chi connectivity index (χ3v) is 2.35. The van der Waals surface area contributed by atoms with E-state index in [0.29, 0.717) is 5.82 Å². The lowest BCUT2D eigenvalue weighted by Gasteiger charge is -2.02. The third-order valence-electron chi connectivity index (χ3n) is 2.35. The number of nitrogens with two attached hydrogens (primary N) is 1. The first-order valence-electron chi connectivity index (χ1n) is 4.82. The summed E-state index contributed by atoms with van der Waals surface area (Å²) >= 11 is 0. The molecular formula is C10H13N5. The SMILES string of the molecule is Cc1c(N)nnn1CCc1cccnc1. The Morgan fingerprint density at radius 3 is 2.93 bits per heavy atom. The second-order valence-corrected chi connectivity index (χ2v) is 3.39. The van der Waals surface area contributed by atoms with Crippen LogP contribution in [0, 0.1) is 6.92 Å². The first-order valence-corrected chi connectivity index (χ1v) is 4.82. The summed E-state index contributed by atoms with van der Waals surface area (Å²) < 4.78 is 1.81. The van der Waals surface area contributed by atoms with Crippen molar-refractivity contribution in [2.75, 3.05) is 5.73 Å². The quantitative estimate of drug-likeness (QED) is 0.801. The summed E-state index contributed by atoms with van der Waals surface area (Å²) in [6, 6.07) is 3.97. The van der Waals surface area contributed by atoms with Crippen LogP contribution in [-0.4, -0.2) is 20.0 Å². The van der Waals surface area contributed by atoms with Crippen LogP contribution in [0.4, 0.5) is 5.82 Å². The van der Waals surface area contributed by atoms with Crippen LogP contribution >= 0.6 is 0 Å². The van der Waals surface area contributed by atoms with E-state index >= 15 is 0 Å². The van der Waals surface area contributed by atoms with Crippen molar-refractivity contribution >= 4 is 5.82 Å². The van der Waals surface area contributed by atoms with Gasteiger partial charge in [0.1, 0.15) is 0 Å². The lowest BCUT2D eigenvalue weighted by atomic mass is 10.2. The number of nitrogen functional groups attached to an aromatic ring is 1. The summed E-state index contributed by atoms with van der Waals surface area (Å²) in [6.45, 7) is 2.69. The molecule has 0 aromatic carbocycles. The summed E-state index contributed by atoms with van der Waals surface area (Å²) in [5.41, 5.74) is 7.70. The minimum Gasteiger partial charge on any atom is -0.381 e. The predicted octanol–water partition coefficient (Wildman–Crippen LogP) is 0.806. The maximum atomic E-state index is 5.60. The van der Waals surface area contributed by atoms with E-state index in [9.17, 15) is 0 Å². The van der Waals surface area contributed by atoms with Gasteiger partial charge in [0.25, 0.3) is 0 Å². The van der Waals surface area contributed by atoms with Gasteiger partial charge in [-0.05, 0) is 25.0 Å². The highest BCUT2D eigenvalue weighted by atomic mass is 15.4. The maximum absolute atomic E-state index is 5.60. The number of hydrogen-bond donors (Lipinski definition) is 1. The zero-order chi connectivity index (χ0) is 10.7. The highest BCUT2D eigenvalue weighted by molar-refractivity contribution is 5.31. The molecule has 0 saturated heterocycles. The first kappa shape index (κ1) is 9.64. The van der Waals surface area contributed by atoms with Crippen LogP contribution in [-0.2, 0) is 13.0 Å². The Morgan fingerprint density at radius 2 is 2.33 bits per heavy atom. The fourth-order valence-electron chi connectivity index (χ4n) is 1.37. The largest absolute Gasteiger partial charge is 0.381 e. The van der Waals surface area contributed by atoms with E-state index in [1.54, 1.807) is 6.20 Å². The average molecular weight is 203 g/mol. The van der Waals surface area contributed by atoms with Crippen LogP contribution in [0.1, 0.15) is 11.3 Å². The highest BCUT2D eigenvalue weighted by Crippen LogP contribution is 2.06. The summed E-state index contributed by atoms with van der Waals surface area (Å²) in [5.74, 6) is 0.501. The number of pyridine rings is 1. The van der Waals surface area contributed by atoms with Gasteiger partial charge in [-0.1, -0.05) is 11.3 Å². The van der Waals surface area contributed by atoms with E-state index in [1.807, 2.05) is 29.9 Å².